The van der Waals surface area contributed by atoms with Gasteiger partial charge in [0.2, 0.25) is 0 Å². The van der Waals surface area contributed by atoms with Crippen molar-refractivity contribution in [3.05, 3.63) is 12.4 Å². The molecule has 1 aromatic heterocycles. The topological polar surface area (TPSA) is 43.8 Å². The van der Waals surface area contributed by atoms with E-state index in [2.05, 4.69) is 18.9 Å². The van der Waals surface area contributed by atoms with Crippen LogP contribution in [0.1, 0.15) is 20.3 Å². The van der Waals surface area contributed by atoms with Crippen LogP contribution in [0.15, 0.2) is 12.4 Å². The standard InChI is InChI=1S/C8H15N3/c1-7(2)3-4-11-6-8(9)5-10-11/h5-7H,3-4,9H2,1-2H3. The zero-order valence-corrected chi connectivity index (χ0v) is 7.12. The van der Waals surface area contributed by atoms with Crippen LogP contribution in [-0.2, 0) is 6.54 Å². The fraction of sp³-hybridized carbons (Fsp3) is 0.625. The molecule has 0 aromatic carbocycles. The maximum atomic E-state index is 5.50. The molecule has 3 nitrogen and oxygen atoms in total. The molecule has 62 valence electrons. The lowest BCUT2D eigenvalue weighted by Crippen LogP contribution is -2.01. The lowest BCUT2D eigenvalue weighted by Gasteiger charge is -2.03. The molecule has 1 aromatic rings. The van der Waals surface area contributed by atoms with Gasteiger partial charge in [0.25, 0.3) is 0 Å². The number of hydrogen-bond acceptors (Lipinski definition) is 2. The number of anilines is 1. The number of aromatic nitrogens is 2. The second-order valence-electron chi connectivity index (χ2n) is 3.22. The average Bonchev–Trinajstić information content (AvgIpc) is 2.31. The summed E-state index contributed by atoms with van der Waals surface area (Å²) >= 11 is 0. The van der Waals surface area contributed by atoms with E-state index in [4.69, 9.17) is 5.73 Å². The molecular weight excluding hydrogens is 138 g/mol. The van der Waals surface area contributed by atoms with Gasteiger partial charge in [0.05, 0.1) is 11.9 Å². The Labute approximate surface area is 67.2 Å². The molecular formula is C8H15N3. The minimum absolute atomic E-state index is 0.723. The fourth-order valence-corrected chi connectivity index (χ4v) is 0.892. The zero-order valence-electron chi connectivity index (χ0n) is 7.12. The average molecular weight is 153 g/mol. The summed E-state index contributed by atoms with van der Waals surface area (Å²) < 4.78 is 1.88. The molecule has 1 heterocycles. The number of nitrogens with two attached hydrogens (primary N) is 1. The summed E-state index contributed by atoms with van der Waals surface area (Å²) in [4.78, 5) is 0. The third-order valence-electron chi connectivity index (χ3n) is 1.59. The number of nitrogen functional groups attached to an aromatic ring is 1. The van der Waals surface area contributed by atoms with Crippen LogP contribution >= 0.6 is 0 Å². The van der Waals surface area contributed by atoms with E-state index < -0.39 is 0 Å². The van der Waals surface area contributed by atoms with Gasteiger partial charge in [-0.1, -0.05) is 13.8 Å². The highest BCUT2D eigenvalue weighted by Crippen LogP contribution is 2.03. The Morgan fingerprint density at radius 3 is 2.82 bits per heavy atom. The molecule has 0 unspecified atom stereocenters. The van der Waals surface area contributed by atoms with E-state index in [0.717, 1.165) is 24.6 Å². The predicted octanol–water partition coefficient (Wildman–Crippen LogP) is 1.51. The van der Waals surface area contributed by atoms with Crippen LogP contribution in [0, 0.1) is 5.92 Å². The van der Waals surface area contributed by atoms with Crippen molar-refractivity contribution >= 4 is 5.69 Å². The van der Waals surface area contributed by atoms with Gasteiger partial charge < -0.3 is 5.73 Å². The van der Waals surface area contributed by atoms with Gasteiger partial charge >= 0.3 is 0 Å². The van der Waals surface area contributed by atoms with Crippen molar-refractivity contribution in [2.75, 3.05) is 5.73 Å². The number of hydrogen-bond donors (Lipinski definition) is 1. The van der Waals surface area contributed by atoms with E-state index in [0.29, 0.717) is 0 Å². The number of nitrogens with zero attached hydrogens (tertiary/aromatic N) is 2. The first kappa shape index (κ1) is 8.11. The van der Waals surface area contributed by atoms with E-state index in [1.165, 1.54) is 0 Å². The third-order valence-corrected chi connectivity index (χ3v) is 1.59. The Morgan fingerprint density at radius 1 is 1.64 bits per heavy atom. The summed E-state index contributed by atoms with van der Waals surface area (Å²) in [5.41, 5.74) is 6.25. The second kappa shape index (κ2) is 3.42. The molecule has 3 heteroatoms. The van der Waals surface area contributed by atoms with Gasteiger partial charge in [-0.2, -0.15) is 5.10 Å². The summed E-state index contributed by atoms with van der Waals surface area (Å²) in [7, 11) is 0. The van der Waals surface area contributed by atoms with Gasteiger partial charge in [-0.25, -0.2) is 0 Å². The zero-order chi connectivity index (χ0) is 8.27. The molecule has 2 N–H and O–H groups in total. The van der Waals surface area contributed by atoms with E-state index in [-0.39, 0.29) is 0 Å². The quantitative estimate of drug-likeness (QED) is 0.715. The molecule has 0 saturated carbocycles. The van der Waals surface area contributed by atoms with Crippen molar-refractivity contribution < 1.29 is 0 Å². The monoisotopic (exact) mass is 153 g/mol. The van der Waals surface area contributed by atoms with E-state index in [1.54, 1.807) is 6.20 Å². The number of rotatable bonds is 3. The van der Waals surface area contributed by atoms with Crippen LogP contribution in [0.2, 0.25) is 0 Å². The second-order valence-corrected chi connectivity index (χ2v) is 3.22. The van der Waals surface area contributed by atoms with Crippen molar-refractivity contribution in [2.45, 2.75) is 26.8 Å². The lowest BCUT2D eigenvalue weighted by molar-refractivity contribution is 0.487. The van der Waals surface area contributed by atoms with Crippen LogP contribution < -0.4 is 5.73 Å². The van der Waals surface area contributed by atoms with Crippen molar-refractivity contribution in [2.24, 2.45) is 5.92 Å². The fourth-order valence-electron chi connectivity index (χ4n) is 0.892. The summed E-state index contributed by atoms with van der Waals surface area (Å²) in [5.74, 6) is 0.723. The predicted molar refractivity (Wildman–Crippen MR) is 46.1 cm³/mol. The van der Waals surface area contributed by atoms with Crippen LogP contribution in [0.5, 0.6) is 0 Å². The highest BCUT2D eigenvalue weighted by atomic mass is 15.3. The van der Waals surface area contributed by atoms with Crippen molar-refractivity contribution in [3.63, 3.8) is 0 Å². The van der Waals surface area contributed by atoms with Crippen LogP contribution in [0.4, 0.5) is 5.69 Å². The van der Waals surface area contributed by atoms with Gasteiger partial charge in [-0.15, -0.1) is 0 Å². The normalized spacial score (nSPS) is 10.8. The Morgan fingerprint density at radius 2 is 2.36 bits per heavy atom. The SMILES string of the molecule is CC(C)CCn1cc(N)cn1. The molecule has 0 radical (unpaired) electrons. The van der Waals surface area contributed by atoms with Gasteiger partial charge in [0.15, 0.2) is 0 Å². The summed E-state index contributed by atoms with van der Waals surface area (Å²) in [6.45, 7) is 5.37. The molecule has 0 aliphatic rings. The van der Waals surface area contributed by atoms with Crippen LogP contribution in [0.25, 0.3) is 0 Å². The largest absolute Gasteiger partial charge is 0.396 e. The third kappa shape index (κ3) is 2.62. The van der Waals surface area contributed by atoms with Crippen molar-refractivity contribution in [3.8, 4) is 0 Å². The van der Waals surface area contributed by atoms with Gasteiger partial charge in [0.1, 0.15) is 0 Å². The van der Waals surface area contributed by atoms with Gasteiger partial charge in [0, 0.05) is 12.7 Å². The smallest absolute Gasteiger partial charge is 0.0719 e. The summed E-state index contributed by atoms with van der Waals surface area (Å²) in [5, 5.41) is 4.08. The van der Waals surface area contributed by atoms with Crippen LogP contribution in [-0.4, -0.2) is 9.78 Å². The van der Waals surface area contributed by atoms with E-state index in [1.807, 2.05) is 10.9 Å². The van der Waals surface area contributed by atoms with Gasteiger partial charge in [-0.3, -0.25) is 4.68 Å². The summed E-state index contributed by atoms with van der Waals surface area (Å²) in [6, 6.07) is 0. The molecule has 0 aliphatic carbocycles. The first-order valence-electron chi connectivity index (χ1n) is 3.96. The van der Waals surface area contributed by atoms with Crippen molar-refractivity contribution in [1.29, 1.82) is 0 Å². The maximum absolute atomic E-state index is 5.50. The molecule has 0 amide bonds. The van der Waals surface area contributed by atoms with E-state index in [9.17, 15) is 0 Å². The van der Waals surface area contributed by atoms with Crippen molar-refractivity contribution in [1.82, 2.24) is 9.78 Å². The Balaban J connectivity index is 2.39. The minimum atomic E-state index is 0.723. The molecule has 1 rings (SSSR count). The highest BCUT2D eigenvalue weighted by Gasteiger charge is 1.96. The molecule has 11 heavy (non-hydrogen) atoms. The Bertz CT molecular complexity index is 215. The van der Waals surface area contributed by atoms with Crippen LogP contribution in [0.3, 0.4) is 0 Å². The molecule has 0 saturated heterocycles. The Kier molecular flexibility index (Phi) is 2.52. The molecule has 0 aliphatic heterocycles. The van der Waals surface area contributed by atoms with E-state index >= 15 is 0 Å². The van der Waals surface area contributed by atoms with Gasteiger partial charge in [-0.05, 0) is 12.3 Å². The first-order valence-corrected chi connectivity index (χ1v) is 3.96. The maximum Gasteiger partial charge on any atom is 0.0719 e. The molecule has 0 fully saturated rings. The number of aryl methyl sites for hydroxylation is 1. The first-order chi connectivity index (χ1) is 5.18. The minimum Gasteiger partial charge on any atom is -0.396 e. The molecule has 0 atom stereocenters. The molecule has 0 spiro atoms. The lowest BCUT2D eigenvalue weighted by atomic mass is 10.1. The summed E-state index contributed by atoms with van der Waals surface area (Å²) in [6.07, 6.45) is 4.70. The molecule has 0 bridgehead atoms. The highest BCUT2D eigenvalue weighted by molar-refractivity contribution is 5.30. The Hall–Kier alpha value is -0.990.